The number of alkyl halides is 3. The van der Waals surface area contributed by atoms with Crippen LogP contribution in [0.2, 0.25) is 0 Å². The zero-order valence-corrected chi connectivity index (χ0v) is 15.4. The number of halogens is 3. The molecule has 0 radical (unpaired) electrons. The number of hydrogen-bond donors (Lipinski definition) is 0. The van der Waals surface area contributed by atoms with Crippen LogP contribution in [0.15, 0.2) is 42.5 Å². The summed E-state index contributed by atoms with van der Waals surface area (Å²) in [7, 11) is 0. The van der Waals surface area contributed by atoms with Crippen LogP contribution < -0.4 is 4.74 Å². The van der Waals surface area contributed by atoms with Gasteiger partial charge in [-0.3, -0.25) is 4.90 Å². The molecule has 0 N–H and O–H groups in total. The topological polar surface area (TPSA) is 12.5 Å². The first-order valence-corrected chi connectivity index (χ1v) is 9.63. The second-order valence-corrected chi connectivity index (χ2v) is 7.68. The highest BCUT2D eigenvalue weighted by Crippen LogP contribution is 2.33. The lowest BCUT2D eigenvalue weighted by Gasteiger charge is -2.35. The Morgan fingerprint density at radius 2 is 1.70 bits per heavy atom. The SMILES string of the molecule is CC1CCCN1C1CCc2cc(-c3ccc(OC(F)(F)F)cc3)ccc2C1. The first-order chi connectivity index (χ1) is 12.9. The van der Waals surface area contributed by atoms with Crippen molar-refractivity contribution in [2.75, 3.05) is 6.54 Å². The Labute approximate surface area is 157 Å². The van der Waals surface area contributed by atoms with Crippen molar-refractivity contribution >= 4 is 0 Å². The van der Waals surface area contributed by atoms with Crippen molar-refractivity contribution in [2.24, 2.45) is 0 Å². The standard InChI is InChI=1S/C22H24F3NO/c1-15-3-2-12-26(15)20-9-6-18-13-17(4-5-19(18)14-20)16-7-10-21(11-8-16)27-22(23,24)25/h4-5,7-8,10-11,13,15,20H,2-3,6,9,12,14H2,1H3. The van der Waals surface area contributed by atoms with E-state index in [9.17, 15) is 13.2 Å². The van der Waals surface area contributed by atoms with E-state index in [0.29, 0.717) is 12.1 Å². The third-order valence-corrected chi connectivity index (χ3v) is 5.90. The number of likely N-dealkylation sites (tertiary alicyclic amines) is 1. The molecule has 0 bridgehead atoms. The van der Waals surface area contributed by atoms with Crippen LogP contribution in [0.4, 0.5) is 13.2 Å². The number of benzene rings is 2. The molecule has 1 aliphatic carbocycles. The second kappa shape index (κ2) is 7.19. The van der Waals surface area contributed by atoms with Crippen molar-refractivity contribution in [3.63, 3.8) is 0 Å². The van der Waals surface area contributed by atoms with E-state index in [2.05, 4.69) is 34.8 Å². The van der Waals surface area contributed by atoms with Crippen LogP contribution in [0.1, 0.15) is 37.3 Å². The number of hydrogen-bond acceptors (Lipinski definition) is 2. The molecule has 4 rings (SSSR count). The first kappa shape index (κ1) is 18.4. The molecule has 1 aliphatic heterocycles. The number of rotatable bonds is 3. The van der Waals surface area contributed by atoms with Gasteiger partial charge in [-0.15, -0.1) is 13.2 Å². The minimum absolute atomic E-state index is 0.188. The molecule has 2 unspecified atom stereocenters. The van der Waals surface area contributed by atoms with Crippen LogP contribution in [-0.2, 0) is 12.8 Å². The van der Waals surface area contributed by atoms with E-state index in [1.54, 1.807) is 12.1 Å². The van der Waals surface area contributed by atoms with Crippen LogP contribution in [0, 0.1) is 0 Å². The van der Waals surface area contributed by atoms with Crippen molar-refractivity contribution in [3.05, 3.63) is 53.6 Å². The maximum atomic E-state index is 12.3. The molecule has 2 aliphatic rings. The highest BCUT2D eigenvalue weighted by Gasteiger charge is 2.31. The summed E-state index contributed by atoms with van der Waals surface area (Å²) in [6.45, 7) is 3.55. The van der Waals surface area contributed by atoms with Crippen molar-refractivity contribution in [3.8, 4) is 16.9 Å². The maximum Gasteiger partial charge on any atom is 0.573 e. The smallest absolute Gasteiger partial charge is 0.406 e. The quantitative estimate of drug-likeness (QED) is 0.693. The van der Waals surface area contributed by atoms with E-state index in [1.807, 2.05) is 0 Å². The average molecular weight is 375 g/mol. The fraction of sp³-hybridized carbons (Fsp3) is 0.455. The van der Waals surface area contributed by atoms with Gasteiger partial charge >= 0.3 is 6.36 Å². The molecule has 5 heteroatoms. The van der Waals surface area contributed by atoms with Gasteiger partial charge in [0, 0.05) is 12.1 Å². The summed E-state index contributed by atoms with van der Waals surface area (Å²) >= 11 is 0. The van der Waals surface area contributed by atoms with Crippen LogP contribution in [0.3, 0.4) is 0 Å². The molecule has 0 spiro atoms. The summed E-state index contributed by atoms with van der Waals surface area (Å²) in [5.74, 6) is -0.188. The van der Waals surface area contributed by atoms with Gasteiger partial charge in [0.2, 0.25) is 0 Å². The Morgan fingerprint density at radius 1 is 0.963 bits per heavy atom. The van der Waals surface area contributed by atoms with Gasteiger partial charge in [0.05, 0.1) is 0 Å². The normalized spacial score (nSPS) is 23.3. The molecule has 2 aromatic carbocycles. The highest BCUT2D eigenvalue weighted by molar-refractivity contribution is 5.66. The van der Waals surface area contributed by atoms with E-state index >= 15 is 0 Å². The van der Waals surface area contributed by atoms with Gasteiger partial charge in [0.15, 0.2) is 0 Å². The molecule has 2 aromatic rings. The molecular formula is C22H24F3NO. The van der Waals surface area contributed by atoms with Gasteiger partial charge in [-0.2, -0.15) is 0 Å². The van der Waals surface area contributed by atoms with Crippen LogP contribution in [-0.4, -0.2) is 29.9 Å². The first-order valence-electron chi connectivity index (χ1n) is 9.63. The number of nitrogens with zero attached hydrogens (tertiary/aromatic N) is 1. The van der Waals surface area contributed by atoms with Crippen molar-refractivity contribution < 1.29 is 17.9 Å². The minimum atomic E-state index is -4.66. The summed E-state index contributed by atoms with van der Waals surface area (Å²) in [6, 6.07) is 13.9. The summed E-state index contributed by atoms with van der Waals surface area (Å²) in [5, 5.41) is 0. The Hall–Kier alpha value is -2.01. The monoisotopic (exact) mass is 375 g/mol. The van der Waals surface area contributed by atoms with Crippen LogP contribution in [0.5, 0.6) is 5.75 Å². The number of aryl methyl sites for hydroxylation is 1. The molecule has 2 atom stereocenters. The number of ether oxygens (including phenoxy) is 1. The zero-order valence-electron chi connectivity index (χ0n) is 15.4. The van der Waals surface area contributed by atoms with Gasteiger partial charge in [0.1, 0.15) is 5.75 Å². The fourth-order valence-corrected chi connectivity index (χ4v) is 4.55. The third-order valence-electron chi connectivity index (χ3n) is 5.90. The third kappa shape index (κ3) is 4.13. The van der Waals surface area contributed by atoms with E-state index in [-0.39, 0.29) is 5.75 Å². The van der Waals surface area contributed by atoms with Gasteiger partial charge in [0.25, 0.3) is 0 Å². The summed E-state index contributed by atoms with van der Waals surface area (Å²) in [5.41, 5.74) is 4.72. The molecule has 0 amide bonds. The summed E-state index contributed by atoms with van der Waals surface area (Å²) in [4.78, 5) is 2.66. The average Bonchev–Trinajstić information content (AvgIpc) is 3.06. The molecule has 2 nitrogen and oxygen atoms in total. The predicted octanol–water partition coefficient (Wildman–Crippen LogP) is 5.59. The van der Waals surface area contributed by atoms with Crippen LogP contribution >= 0.6 is 0 Å². The zero-order chi connectivity index (χ0) is 19.0. The van der Waals surface area contributed by atoms with Gasteiger partial charge < -0.3 is 4.74 Å². The number of fused-ring (bicyclic) bond motifs is 1. The lowest BCUT2D eigenvalue weighted by Crippen LogP contribution is -2.41. The Balaban J connectivity index is 1.49. The van der Waals surface area contributed by atoms with Crippen LogP contribution in [0.25, 0.3) is 11.1 Å². The second-order valence-electron chi connectivity index (χ2n) is 7.68. The summed E-state index contributed by atoms with van der Waals surface area (Å²) in [6.07, 6.45) is 1.29. The van der Waals surface area contributed by atoms with E-state index < -0.39 is 6.36 Å². The molecule has 144 valence electrons. The lowest BCUT2D eigenvalue weighted by molar-refractivity contribution is -0.274. The Morgan fingerprint density at radius 3 is 2.37 bits per heavy atom. The predicted molar refractivity (Wildman–Crippen MR) is 99.8 cm³/mol. The largest absolute Gasteiger partial charge is 0.573 e. The molecule has 0 aromatic heterocycles. The Kier molecular flexibility index (Phi) is 4.89. The van der Waals surface area contributed by atoms with Gasteiger partial charge in [-0.05, 0) is 80.0 Å². The Bertz CT molecular complexity index is 800. The van der Waals surface area contributed by atoms with E-state index in [4.69, 9.17) is 0 Å². The van der Waals surface area contributed by atoms with E-state index in [0.717, 1.165) is 24.0 Å². The maximum absolute atomic E-state index is 12.3. The minimum Gasteiger partial charge on any atom is -0.406 e. The molecular weight excluding hydrogens is 351 g/mol. The summed E-state index contributed by atoms with van der Waals surface area (Å²) < 4.78 is 40.8. The van der Waals surface area contributed by atoms with Crippen molar-refractivity contribution in [2.45, 2.75) is 57.5 Å². The lowest BCUT2D eigenvalue weighted by atomic mass is 9.85. The van der Waals surface area contributed by atoms with Crippen molar-refractivity contribution in [1.82, 2.24) is 4.90 Å². The van der Waals surface area contributed by atoms with E-state index in [1.165, 1.54) is 49.1 Å². The molecule has 27 heavy (non-hydrogen) atoms. The fourth-order valence-electron chi connectivity index (χ4n) is 4.55. The molecule has 1 fully saturated rings. The molecule has 0 saturated carbocycles. The molecule has 1 saturated heterocycles. The molecule has 1 heterocycles. The van der Waals surface area contributed by atoms with Gasteiger partial charge in [-0.1, -0.05) is 30.3 Å². The van der Waals surface area contributed by atoms with Gasteiger partial charge in [-0.25, -0.2) is 0 Å². The highest BCUT2D eigenvalue weighted by atomic mass is 19.4. The van der Waals surface area contributed by atoms with Crippen molar-refractivity contribution in [1.29, 1.82) is 0 Å².